The van der Waals surface area contributed by atoms with Gasteiger partial charge in [0.1, 0.15) is 5.75 Å². The van der Waals surface area contributed by atoms with Crippen LogP contribution in [0.15, 0.2) is 65.1 Å². The molecule has 0 aliphatic carbocycles. The summed E-state index contributed by atoms with van der Waals surface area (Å²) in [6.45, 7) is 2.47. The van der Waals surface area contributed by atoms with E-state index in [1.54, 1.807) is 12.1 Å². The summed E-state index contributed by atoms with van der Waals surface area (Å²) in [6, 6.07) is 18.7. The molecule has 7 heteroatoms. The van der Waals surface area contributed by atoms with Crippen LogP contribution in [-0.4, -0.2) is 12.5 Å². The molecule has 0 aliphatic heterocycles. The molecule has 150 valence electrons. The summed E-state index contributed by atoms with van der Waals surface area (Å²) in [5.41, 5.74) is 3.61. The standard InChI is InChI=1S/C22H19BrCl2N2O2/c1-14-2-5-17(11-20(14)24)27-22(28)13-29-18-7-3-15(4-8-18)12-26-16-6-9-19(23)21(25)10-16/h2-11,26H,12-13H2,1H3,(H,27,28). The number of hydrogen-bond donors (Lipinski definition) is 2. The van der Waals surface area contributed by atoms with Gasteiger partial charge in [-0.2, -0.15) is 0 Å². The molecule has 0 heterocycles. The van der Waals surface area contributed by atoms with Gasteiger partial charge in [0.15, 0.2) is 6.61 Å². The summed E-state index contributed by atoms with van der Waals surface area (Å²) < 4.78 is 6.41. The number of rotatable bonds is 7. The zero-order valence-electron chi connectivity index (χ0n) is 15.6. The van der Waals surface area contributed by atoms with E-state index in [9.17, 15) is 4.79 Å². The minimum absolute atomic E-state index is 0.0829. The van der Waals surface area contributed by atoms with E-state index in [1.807, 2.05) is 55.5 Å². The van der Waals surface area contributed by atoms with E-state index in [2.05, 4.69) is 26.6 Å². The van der Waals surface area contributed by atoms with Crippen molar-refractivity contribution in [2.24, 2.45) is 0 Å². The number of nitrogens with one attached hydrogen (secondary N) is 2. The lowest BCUT2D eigenvalue weighted by molar-refractivity contribution is -0.118. The van der Waals surface area contributed by atoms with Crippen molar-refractivity contribution in [3.8, 4) is 5.75 Å². The first-order valence-electron chi connectivity index (χ1n) is 8.87. The Morgan fingerprint density at radius 3 is 2.34 bits per heavy atom. The molecule has 0 unspecified atom stereocenters. The lowest BCUT2D eigenvalue weighted by Gasteiger charge is -2.10. The Balaban J connectivity index is 1.47. The molecular weight excluding hydrogens is 475 g/mol. The summed E-state index contributed by atoms with van der Waals surface area (Å²) in [6.07, 6.45) is 0. The Morgan fingerprint density at radius 2 is 1.66 bits per heavy atom. The number of ether oxygens (including phenoxy) is 1. The molecule has 3 aromatic rings. The van der Waals surface area contributed by atoms with Crippen molar-refractivity contribution in [3.63, 3.8) is 0 Å². The van der Waals surface area contributed by atoms with Crippen molar-refractivity contribution >= 4 is 56.4 Å². The van der Waals surface area contributed by atoms with E-state index in [-0.39, 0.29) is 12.5 Å². The van der Waals surface area contributed by atoms with Crippen molar-refractivity contribution < 1.29 is 9.53 Å². The third-order valence-corrected chi connectivity index (χ3v) is 5.80. The maximum atomic E-state index is 12.1. The van der Waals surface area contributed by atoms with E-state index in [4.69, 9.17) is 27.9 Å². The number of amides is 1. The van der Waals surface area contributed by atoms with Crippen LogP contribution in [0.4, 0.5) is 11.4 Å². The molecule has 0 bridgehead atoms. The fourth-order valence-corrected chi connectivity index (χ4v) is 3.14. The quantitative estimate of drug-likeness (QED) is 0.385. The van der Waals surface area contributed by atoms with Crippen molar-refractivity contribution in [2.45, 2.75) is 13.5 Å². The molecular formula is C22H19BrCl2N2O2. The van der Waals surface area contributed by atoms with Gasteiger partial charge in [-0.25, -0.2) is 0 Å². The first kappa shape index (κ1) is 21.5. The number of anilines is 2. The summed E-state index contributed by atoms with van der Waals surface area (Å²) in [5.74, 6) is 0.375. The first-order chi connectivity index (χ1) is 13.9. The van der Waals surface area contributed by atoms with Gasteiger partial charge in [0, 0.05) is 27.4 Å². The van der Waals surface area contributed by atoms with Gasteiger partial charge in [0.2, 0.25) is 0 Å². The predicted octanol–water partition coefficient (Wildman–Crippen LogP) is 6.69. The fraction of sp³-hybridized carbons (Fsp3) is 0.136. The molecule has 0 atom stereocenters. The minimum atomic E-state index is -0.247. The van der Waals surface area contributed by atoms with E-state index in [0.717, 1.165) is 21.3 Å². The highest BCUT2D eigenvalue weighted by molar-refractivity contribution is 9.10. The lowest BCUT2D eigenvalue weighted by atomic mass is 10.2. The summed E-state index contributed by atoms with van der Waals surface area (Å²) >= 11 is 15.5. The van der Waals surface area contributed by atoms with E-state index >= 15 is 0 Å². The Labute approximate surface area is 188 Å². The normalized spacial score (nSPS) is 10.5. The molecule has 0 fully saturated rings. The predicted molar refractivity (Wildman–Crippen MR) is 123 cm³/mol. The van der Waals surface area contributed by atoms with Gasteiger partial charge in [-0.3, -0.25) is 4.79 Å². The average molecular weight is 494 g/mol. The van der Waals surface area contributed by atoms with Crippen LogP contribution in [0.2, 0.25) is 10.0 Å². The summed E-state index contributed by atoms with van der Waals surface area (Å²) in [5, 5.41) is 7.35. The highest BCUT2D eigenvalue weighted by atomic mass is 79.9. The molecule has 3 rings (SSSR count). The van der Waals surface area contributed by atoms with E-state index in [0.29, 0.717) is 28.0 Å². The Kier molecular flexibility index (Phi) is 7.42. The second-order valence-corrected chi connectivity index (χ2v) is 8.10. The van der Waals surface area contributed by atoms with Crippen LogP contribution < -0.4 is 15.4 Å². The van der Waals surface area contributed by atoms with Gasteiger partial charge in [0.25, 0.3) is 5.91 Å². The Bertz CT molecular complexity index is 1010. The lowest BCUT2D eigenvalue weighted by Crippen LogP contribution is -2.20. The summed E-state index contributed by atoms with van der Waals surface area (Å²) in [7, 11) is 0. The SMILES string of the molecule is Cc1ccc(NC(=O)COc2ccc(CNc3ccc(Br)c(Cl)c3)cc2)cc1Cl. The fourth-order valence-electron chi connectivity index (χ4n) is 2.53. The maximum Gasteiger partial charge on any atom is 0.262 e. The van der Waals surface area contributed by atoms with Crippen molar-refractivity contribution in [1.82, 2.24) is 0 Å². The average Bonchev–Trinajstić information content (AvgIpc) is 2.71. The third-order valence-electron chi connectivity index (χ3n) is 4.17. The number of benzene rings is 3. The summed E-state index contributed by atoms with van der Waals surface area (Å²) in [4.78, 5) is 12.1. The Hall–Kier alpha value is -2.21. The van der Waals surface area contributed by atoms with Crippen molar-refractivity contribution in [2.75, 3.05) is 17.2 Å². The second-order valence-electron chi connectivity index (χ2n) is 6.43. The van der Waals surface area contributed by atoms with Crippen LogP contribution >= 0.6 is 39.1 Å². The van der Waals surface area contributed by atoms with Gasteiger partial charge in [-0.15, -0.1) is 0 Å². The maximum absolute atomic E-state index is 12.1. The number of halogens is 3. The highest BCUT2D eigenvalue weighted by Gasteiger charge is 2.06. The molecule has 29 heavy (non-hydrogen) atoms. The Morgan fingerprint density at radius 1 is 0.966 bits per heavy atom. The van der Waals surface area contributed by atoms with Crippen LogP contribution in [0.5, 0.6) is 5.75 Å². The zero-order chi connectivity index (χ0) is 20.8. The molecule has 0 saturated heterocycles. The largest absolute Gasteiger partial charge is 0.484 e. The molecule has 0 aromatic heterocycles. The van der Waals surface area contributed by atoms with Gasteiger partial charge < -0.3 is 15.4 Å². The number of carbonyl (C=O) groups excluding carboxylic acids is 1. The van der Waals surface area contributed by atoms with Gasteiger partial charge in [0.05, 0.1) is 5.02 Å². The van der Waals surface area contributed by atoms with Gasteiger partial charge in [-0.05, 0) is 76.4 Å². The van der Waals surface area contributed by atoms with Crippen molar-refractivity contribution in [3.05, 3.63) is 86.3 Å². The second kappa shape index (κ2) is 10.0. The molecule has 0 radical (unpaired) electrons. The topological polar surface area (TPSA) is 50.4 Å². The van der Waals surface area contributed by atoms with Crippen LogP contribution in [0.1, 0.15) is 11.1 Å². The third kappa shape index (κ3) is 6.39. The molecule has 4 nitrogen and oxygen atoms in total. The monoisotopic (exact) mass is 492 g/mol. The highest BCUT2D eigenvalue weighted by Crippen LogP contribution is 2.26. The van der Waals surface area contributed by atoms with Gasteiger partial charge in [-0.1, -0.05) is 41.4 Å². The number of carbonyl (C=O) groups is 1. The van der Waals surface area contributed by atoms with Crippen molar-refractivity contribution in [1.29, 1.82) is 0 Å². The van der Waals surface area contributed by atoms with Gasteiger partial charge >= 0.3 is 0 Å². The smallest absolute Gasteiger partial charge is 0.262 e. The van der Waals surface area contributed by atoms with Crippen LogP contribution in [0, 0.1) is 6.92 Å². The van der Waals surface area contributed by atoms with Crippen LogP contribution in [0.25, 0.3) is 0 Å². The molecule has 0 saturated carbocycles. The molecule has 1 amide bonds. The van der Waals surface area contributed by atoms with Crippen LogP contribution in [-0.2, 0) is 11.3 Å². The number of aryl methyl sites for hydroxylation is 1. The van der Waals surface area contributed by atoms with E-state index < -0.39 is 0 Å². The first-order valence-corrected chi connectivity index (χ1v) is 10.4. The minimum Gasteiger partial charge on any atom is -0.484 e. The van der Waals surface area contributed by atoms with Crippen LogP contribution in [0.3, 0.4) is 0 Å². The molecule has 3 aromatic carbocycles. The number of hydrogen-bond acceptors (Lipinski definition) is 3. The molecule has 0 spiro atoms. The van der Waals surface area contributed by atoms with E-state index in [1.165, 1.54) is 0 Å². The molecule has 2 N–H and O–H groups in total. The zero-order valence-corrected chi connectivity index (χ0v) is 18.7. The molecule has 0 aliphatic rings.